The summed E-state index contributed by atoms with van der Waals surface area (Å²) in [5.41, 5.74) is 0.493. The number of ether oxygens (including phenoxy) is 2. The van der Waals surface area contributed by atoms with Gasteiger partial charge < -0.3 is 19.4 Å². The maximum Gasteiger partial charge on any atom is 0.277 e. The minimum Gasteiger partial charge on any atom is -0.493 e. The van der Waals surface area contributed by atoms with Crippen LogP contribution in [0.1, 0.15) is 17.5 Å². The molecule has 2 aromatic rings. The molecule has 1 heterocycles. The topological polar surface area (TPSA) is 65.4 Å². The van der Waals surface area contributed by atoms with Crippen molar-refractivity contribution in [2.24, 2.45) is 0 Å². The molecule has 0 fully saturated rings. The van der Waals surface area contributed by atoms with Gasteiger partial charge in [0.2, 0.25) is 5.95 Å². The molecule has 168 valence electrons. The van der Waals surface area contributed by atoms with Crippen LogP contribution >= 0.6 is 0 Å². The third-order valence-corrected chi connectivity index (χ3v) is 5.48. The SMILES string of the molecule is COc1cc(F)c(CNc2nc(=O)c(C)cn2CC2=C3CC2=C(F)C(F)=C3F)cc1OC. The smallest absolute Gasteiger partial charge is 0.277 e. The van der Waals surface area contributed by atoms with E-state index in [0.717, 1.165) is 0 Å². The van der Waals surface area contributed by atoms with Gasteiger partial charge in [0, 0.05) is 47.5 Å². The minimum absolute atomic E-state index is 0.00659. The van der Waals surface area contributed by atoms with Crippen molar-refractivity contribution in [2.45, 2.75) is 26.4 Å². The van der Waals surface area contributed by atoms with Crippen LogP contribution in [0.3, 0.4) is 0 Å². The first-order valence-electron chi connectivity index (χ1n) is 9.64. The summed E-state index contributed by atoms with van der Waals surface area (Å²) in [7, 11) is 2.80. The molecule has 2 aliphatic rings. The number of aryl methyl sites for hydroxylation is 1. The maximum atomic E-state index is 14.5. The summed E-state index contributed by atoms with van der Waals surface area (Å²) >= 11 is 0. The summed E-state index contributed by atoms with van der Waals surface area (Å²) in [6.45, 7) is 1.44. The van der Waals surface area contributed by atoms with Crippen LogP contribution in [-0.2, 0) is 13.1 Å². The van der Waals surface area contributed by atoms with Gasteiger partial charge in [0.25, 0.3) is 5.56 Å². The lowest BCUT2D eigenvalue weighted by atomic mass is 9.77. The predicted molar refractivity (Wildman–Crippen MR) is 109 cm³/mol. The molecule has 0 saturated carbocycles. The van der Waals surface area contributed by atoms with E-state index in [9.17, 15) is 22.4 Å². The summed E-state index contributed by atoms with van der Waals surface area (Å²) in [5.74, 6) is -3.85. The molecule has 0 amide bonds. The van der Waals surface area contributed by atoms with Crippen molar-refractivity contribution in [1.29, 1.82) is 0 Å². The average Bonchev–Trinajstić information content (AvgIpc) is 2.76. The van der Waals surface area contributed by atoms with Gasteiger partial charge in [0.15, 0.2) is 29.0 Å². The van der Waals surface area contributed by atoms with Gasteiger partial charge in [-0.1, -0.05) is 0 Å². The van der Waals surface area contributed by atoms with Crippen LogP contribution in [0.15, 0.2) is 57.3 Å². The van der Waals surface area contributed by atoms with Crippen LogP contribution in [0.25, 0.3) is 0 Å². The van der Waals surface area contributed by atoms with E-state index < -0.39 is 28.9 Å². The third-order valence-electron chi connectivity index (χ3n) is 5.48. The van der Waals surface area contributed by atoms with E-state index in [-0.39, 0.29) is 47.9 Å². The first-order valence-corrected chi connectivity index (χ1v) is 9.64. The Morgan fingerprint density at radius 1 is 1.03 bits per heavy atom. The number of benzene rings is 1. The van der Waals surface area contributed by atoms with Crippen molar-refractivity contribution in [1.82, 2.24) is 9.55 Å². The molecule has 0 unspecified atom stereocenters. The number of aromatic nitrogens is 2. The Kier molecular flexibility index (Phi) is 5.53. The van der Waals surface area contributed by atoms with Crippen molar-refractivity contribution in [3.05, 3.63) is 79.8 Å². The average molecular weight is 449 g/mol. The summed E-state index contributed by atoms with van der Waals surface area (Å²) in [6, 6.07) is 2.62. The number of nitrogens with one attached hydrogen (secondary N) is 1. The molecule has 1 aromatic heterocycles. The number of anilines is 1. The summed E-state index contributed by atoms with van der Waals surface area (Å²) in [4.78, 5) is 16.1. The number of methoxy groups -OCH3 is 2. The van der Waals surface area contributed by atoms with E-state index in [2.05, 4.69) is 10.3 Å². The molecule has 0 spiro atoms. The maximum absolute atomic E-state index is 14.5. The predicted octanol–water partition coefficient (Wildman–Crippen LogP) is 4.41. The van der Waals surface area contributed by atoms with E-state index in [1.807, 2.05) is 0 Å². The molecule has 0 aliphatic heterocycles. The molecule has 0 saturated heterocycles. The number of hydrogen-bond donors (Lipinski definition) is 1. The fourth-order valence-corrected chi connectivity index (χ4v) is 3.67. The van der Waals surface area contributed by atoms with Crippen molar-refractivity contribution >= 4 is 5.95 Å². The van der Waals surface area contributed by atoms with Gasteiger partial charge >= 0.3 is 0 Å². The zero-order valence-corrected chi connectivity index (χ0v) is 17.5. The zero-order chi connectivity index (χ0) is 23.2. The fraction of sp³-hybridized carbons (Fsp3) is 0.273. The zero-order valence-electron chi connectivity index (χ0n) is 17.5. The van der Waals surface area contributed by atoms with Crippen LogP contribution in [0.5, 0.6) is 11.5 Å². The standard InChI is InChI=1S/C22H19F4N3O3/c1-10-8-29(9-14-12-5-13(14)19(25)20(26)18(12)24)22(28-21(10)30)27-7-11-4-16(31-2)17(32-3)6-15(11)23/h4,6,8H,5,7,9H2,1-3H3,(H,27,28,30). The van der Waals surface area contributed by atoms with Gasteiger partial charge in [-0.25, -0.2) is 17.6 Å². The summed E-state index contributed by atoms with van der Waals surface area (Å²) in [5, 5.41) is 2.88. The monoisotopic (exact) mass is 449 g/mol. The van der Waals surface area contributed by atoms with Gasteiger partial charge in [-0.2, -0.15) is 4.98 Å². The van der Waals surface area contributed by atoms with Crippen molar-refractivity contribution in [3.8, 4) is 11.5 Å². The van der Waals surface area contributed by atoms with Crippen molar-refractivity contribution in [2.75, 3.05) is 19.5 Å². The van der Waals surface area contributed by atoms with Gasteiger partial charge in [0.1, 0.15) is 5.82 Å². The molecular weight excluding hydrogens is 430 g/mol. The van der Waals surface area contributed by atoms with Gasteiger partial charge in [-0.3, -0.25) is 4.79 Å². The molecule has 0 radical (unpaired) electrons. The molecule has 6 nitrogen and oxygen atoms in total. The number of hydrogen-bond acceptors (Lipinski definition) is 5. The molecule has 0 atom stereocenters. The Balaban J connectivity index is 1.65. The van der Waals surface area contributed by atoms with E-state index in [0.29, 0.717) is 16.9 Å². The molecule has 1 N–H and O–H groups in total. The Labute approximate surface area is 180 Å². The van der Waals surface area contributed by atoms with E-state index in [1.165, 1.54) is 37.1 Å². The quantitative estimate of drug-likeness (QED) is 0.635. The van der Waals surface area contributed by atoms with Crippen LogP contribution in [-0.4, -0.2) is 23.8 Å². The minimum atomic E-state index is -1.48. The molecule has 2 aliphatic carbocycles. The van der Waals surface area contributed by atoms with Gasteiger partial charge in [0.05, 0.1) is 20.8 Å². The molecule has 10 heteroatoms. The Morgan fingerprint density at radius 3 is 2.38 bits per heavy atom. The van der Waals surface area contributed by atoms with E-state index in [1.54, 1.807) is 6.92 Å². The van der Waals surface area contributed by atoms with E-state index >= 15 is 0 Å². The first kappa shape index (κ1) is 21.7. The highest BCUT2D eigenvalue weighted by Crippen LogP contribution is 2.50. The highest BCUT2D eigenvalue weighted by Gasteiger charge is 2.38. The normalized spacial score (nSPS) is 15.2. The van der Waals surface area contributed by atoms with Crippen molar-refractivity contribution < 1.29 is 27.0 Å². The summed E-state index contributed by atoms with van der Waals surface area (Å²) < 4.78 is 67.7. The highest BCUT2D eigenvalue weighted by molar-refractivity contribution is 5.64. The number of rotatable bonds is 7. The Hall–Kier alpha value is -3.56. The second kappa shape index (κ2) is 8.18. The number of allylic oxidation sites excluding steroid dienone is 6. The lowest BCUT2D eigenvalue weighted by Gasteiger charge is -2.32. The molecule has 32 heavy (non-hydrogen) atoms. The van der Waals surface area contributed by atoms with Crippen LogP contribution in [0.2, 0.25) is 0 Å². The number of fused-ring (bicyclic) bond motifs is 2. The Bertz CT molecular complexity index is 1270. The fourth-order valence-electron chi connectivity index (χ4n) is 3.67. The number of halogens is 4. The first-order chi connectivity index (χ1) is 15.2. The van der Waals surface area contributed by atoms with Crippen LogP contribution in [0, 0.1) is 12.7 Å². The summed E-state index contributed by atoms with van der Waals surface area (Å²) in [6.07, 6.45) is 1.48. The second-order valence-corrected chi connectivity index (χ2v) is 7.39. The Morgan fingerprint density at radius 2 is 1.72 bits per heavy atom. The van der Waals surface area contributed by atoms with Crippen molar-refractivity contribution in [3.63, 3.8) is 0 Å². The lowest BCUT2D eigenvalue weighted by molar-refractivity contribution is 0.351. The van der Waals surface area contributed by atoms with Crippen LogP contribution < -0.4 is 20.3 Å². The largest absolute Gasteiger partial charge is 0.493 e. The second-order valence-electron chi connectivity index (χ2n) is 7.39. The van der Waals surface area contributed by atoms with Gasteiger partial charge in [-0.15, -0.1) is 0 Å². The molecule has 1 aromatic carbocycles. The van der Waals surface area contributed by atoms with Crippen LogP contribution in [0.4, 0.5) is 23.5 Å². The lowest BCUT2D eigenvalue weighted by Crippen LogP contribution is -2.25. The number of nitrogens with zero attached hydrogens (tertiary/aromatic N) is 2. The molecular formula is C22H19F4N3O3. The van der Waals surface area contributed by atoms with Gasteiger partial charge in [-0.05, 0) is 18.6 Å². The highest BCUT2D eigenvalue weighted by atomic mass is 19.2. The molecule has 4 rings (SSSR count). The molecule has 2 bridgehead atoms. The third kappa shape index (κ3) is 3.55. The van der Waals surface area contributed by atoms with E-state index in [4.69, 9.17) is 9.47 Å².